The Balaban J connectivity index is 2.09. The Morgan fingerprint density at radius 1 is 1.41 bits per heavy atom. The normalized spacial score (nSPS) is 10.4. The average Bonchev–Trinajstić information content (AvgIpc) is 2.70. The predicted octanol–water partition coefficient (Wildman–Crippen LogP) is 3.42. The van der Waals surface area contributed by atoms with Crippen LogP contribution in [-0.4, -0.2) is 14.8 Å². The summed E-state index contributed by atoms with van der Waals surface area (Å²) in [4.78, 5) is 1.23. The number of nitrogens with one attached hydrogen (secondary N) is 1. The zero-order valence-corrected chi connectivity index (χ0v) is 10.9. The molecule has 0 saturated heterocycles. The van der Waals surface area contributed by atoms with Gasteiger partial charge in [0, 0.05) is 11.4 Å². The van der Waals surface area contributed by atoms with Crippen molar-refractivity contribution in [1.29, 1.82) is 0 Å². The molecule has 1 aromatic heterocycles. The molecule has 0 aliphatic heterocycles. The lowest BCUT2D eigenvalue weighted by Gasteiger charge is -2.03. The van der Waals surface area contributed by atoms with E-state index in [1.54, 1.807) is 11.8 Å². The smallest absolute Gasteiger partial charge is 0.195 e. The van der Waals surface area contributed by atoms with Gasteiger partial charge >= 0.3 is 0 Å². The first kappa shape index (κ1) is 12.1. The van der Waals surface area contributed by atoms with Crippen LogP contribution in [0.15, 0.2) is 47.9 Å². The number of allylic oxidation sites excluding steroid dienone is 1. The van der Waals surface area contributed by atoms with E-state index in [9.17, 15) is 0 Å². The molecule has 0 radical (unpaired) electrons. The van der Waals surface area contributed by atoms with Gasteiger partial charge in [0.1, 0.15) is 5.82 Å². The van der Waals surface area contributed by atoms with Crippen LogP contribution in [0.2, 0.25) is 0 Å². The predicted molar refractivity (Wildman–Crippen MR) is 73.6 cm³/mol. The Morgan fingerprint density at radius 2 is 2.18 bits per heavy atom. The summed E-state index contributed by atoms with van der Waals surface area (Å²) in [7, 11) is 0. The fourth-order valence-corrected chi connectivity index (χ4v) is 2.53. The second-order valence-corrected chi connectivity index (χ2v) is 4.88. The van der Waals surface area contributed by atoms with Gasteiger partial charge in [-0.3, -0.25) is 9.67 Å². The van der Waals surface area contributed by atoms with Crippen molar-refractivity contribution in [2.24, 2.45) is 0 Å². The molecular weight excluding hydrogens is 250 g/mol. The standard InChI is InChI=1S/C12H13N3S2/c1-2-8-15-11(13-14-12(15)16)9-17-10-6-4-3-5-7-10/h2-7H,1,8-9H2,(H,14,16). The van der Waals surface area contributed by atoms with Gasteiger partial charge in [-0.25, -0.2) is 0 Å². The number of H-pyrrole nitrogens is 1. The van der Waals surface area contributed by atoms with E-state index < -0.39 is 0 Å². The zero-order chi connectivity index (χ0) is 12.1. The van der Waals surface area contributed by atoms with Crippen molar-refractivity contribution in [2.75, 3.05) is 0 Å². The van der Waals surface area contributed by atoms with Crippen molar-refractivity contribution in [3.8, 4) is 0 Å². The lowest BCUT2D eigenvalue weighted by Crippen LogP contribution is -2.01. The maximum atomic E-state index is 5.16. The molecule has 2 aromatic rings. The van der Waals surface area contributed by atoms with Crippen molar-refractivity contribution in [2.45, 2.75) is 17.2 Å². The maximum Gasteiger partial charge on any atom is 0.195 e. The van der Waals surface area contributed by atoms with Gasteiger partial charge in [0.05, 0.1) is 5.75 Å². The Bertz CT molecular complexity index is 542. The van der Waals surface area contributed by atoms with E-state index in [0.29, 0.717) is 11.3 Å². The highest BCUT2D eigenvalue weighted by molar-refractivity contribution is 7.98. The highest BCUT2D eigenvalue weighted by Crippen LogP contribution is 2.21. The molecule has 0 amide bonds. The van der Waals surface area contributed by atoms with E-state index in [0.717, 1.165) is 11.6 Å². The quantitative estimate of drug-likeness (QED) is 0.510. The van der Waals surface area contributed by atoms with Crippen molar-refractivity contribution in [3.63, 3.8) is 0 Å². The summed E-state index contributed by atoms with van der Waals surface area (Å²) in [6.07, 6.45) is 1.82. The summed E-state index contributed by atoms with van der Waals surface area (Å²) in [6.45, 7) is 4.41. The van der Waals surface area contributed by atoms with Crippen LogP contribution < -0.4 is 0 Å². The molecule has 0 aliphatic carbocycles. The molecule has 1 heterocycles. The highest BCUT2D eigenvalue weighted by Gasteiger charge is 2.05. The SMILES string of the molecule is C=CCn1c(CSc2ccccc2)n[nH]c1=S. The average molecular weight is 263 g/mol. The van der Waals surface area contributed by atoms with Gasteiger partial charge < -0.3 is 0 Å². The minimum Gasteiger partial charge on any atom is -0.300 e. The third-order valence-corrected chi connectivity index (χ3v) is 3.58. The Hall–Kier alpha value is -1.33. The summed E-state index contributed by atoms with van der Waals surface area (Å²) in [5.41, 5.74) is 0. The molecule has 0 bridgehead atoms. The molecule has 0 aliphatic rings. The highest BCUT2D eigenvalue weighted by atomic mass is 32.2. The molecule has 2 rings (SSSR count). The minimum absolute atomic E-state index is 0.647. The second-order valence-electron chi connectivity index (χ2n) is 3.45. The van der Waals surface area contributed by atoms with E-state index in [4.69, 9.17) is 12.2 Å². The topological polar surface area (TPSA) is 33.6 Å². The monoisotopic (exact) mass is 263 g/mol. The van der Waals surface area contributed by atoms with Crippen molar-refractivity contribution in [1.82, 2.24) is 14.8 Å². The molecule has 0 saturated carbocycles. The number of nitrogens with zero attached hydrogens (tertiary/aromatic N) is 2. The van der Waals surface area contributed by atoms with E-state index in [1.165, 1.54) is 4.90 Å². The molecule has 5 heteroatoms. The zero-order valence-electron chi connectivity index (χ0n) is 9.30. The van der Waals surface area contributed by atoms with Gasteiger partial charge in [0.15, 0.2) is 4.77 Å². The first-order valence-corrected chi connectivity index (χ1v) is 6.63. The van der Waals surface area contributed by atoms with Crippen molar-refractivity contribution < 1.29 is 0 Å². The number of aromatic nitrogens is 3. The molecule has 0 atom stereocenters. The Morgan fingerprint density at radius 3 is 2.88 bits per heavy atom. The molecular formula is C12H13N3S2. The number of thioether (sulfide) groups is 1. The molecule has 0 fully saturated rings. The second kappa shape index (κ2) is 5.84. The van der Waals surface area contributed by atoms with Crippen LogP contribution in [0.5, 0.6) is 0 Å². The first-order valence-electron chi connectivity index (χ1n) is 5.24. The van der Waals surface area contributed by atoms with Gasteiger partial charge in [-0.1, -0.05) is 24.3 Å². The summed E-state index contributed by atoms with van der Waals surface area (Å²) < 4.78 is 2.60. The van der Waals surface area contributed by atoms with Gasteiger partial charge in [0.2, 0.25) is 0 Å². The molecule has 1 aromatic carbocycles. The molecule has 17 heavy (non-hydrogen) atoms. The molecule has 1 N–H and O–H groups in total. The van der Waals surface area contributed by atoms with Crippen LogP contribution in [0.1, 0.15) is 5.82 Å². The Kier molecular flexibility index (Phi) is 4.17. The molecule has 3 nitrogen and oxygen atoms in total. The Labute approximate surface area is 110 Å². The van der Waals surface area contributed by atoms with Gasteiger partial charge in [-0.15, -0.1) is 18.3 Å². The number of benzene rings is 1. The van der Waals surface area contributed by atoms with E-state index >= 15 is 0 Å². The minimum atomic E-state index is 0.647. The van der Waals surface area contributed by atoms with Crippen molar-refractivity contribution >= 4 is 24.0 Å². The number of aromatic amines is 1. The molecule has 88 valence electrons. The van der Waals surface area contributed by atoms with Crippen LogP contribution >= 0.6 is 24.0 Å². The van der Waals surface area contributed by atoms with Crippen LogP contribution in [0.3, 0.4) is 0 Å². The van der Waals surface area contributed by atoms with Crippen molar-refractivity contribution in [3.05, 3.63) is 53.6 Å². The summed E-state index contributed by atoms with van der Waals surface area (Å²) in [6, 6.07) is 10.2. The van der Waals surface area contributed by atoms with E-state index in [2.05, 4.69) is 28.9 Å². The number of hydrogen-bond acceptors (Lipinski definition) is 3. The third-order valence-electron chi connectivity index (χ3n) is 2.26. The van der Waals surface area contributed by atoms with Gasteiger partial charge in [-0.2, -0.15) is 5.10 Å². The van der Waals surface area contributed by atoms with Crippen LogP contribution in [0.4, 0.5) is 0 Å². The van der Waals surface area contributed by atoms with Crippen LogP contribution in [0.25, 0.3) is 0 Å². The van der Waals surface area contributed by atoms with Gasteiger partial charge in [0.25, 0.3) is 0 Å². The number of hydrogen-bond donors (Lipinski definition) is 1. The maximum absolute atomic E-state index is 5.16. The fraction of sp³-hybridized carbons (Fsp3) is 0.167. The summed E-state index contributed by atoms with van der Waals surface area (Å²) in [5, 5.41) is 7.04. The molecule has 0 spiro atoms. The van der Waals surface area contributed by atoms with E-state index in [1.807, 2.05) is 28.8 Å². The molecule has 0 unspecified atom stereocenters. The van der Waals surface area contributed by atoms with E-state index in [-0.39, 0.29) is 0 Å². The lowest BCUT2D eigenvalue weighted by atomic mass is 10.4. The number of rotatable bonds is 5. The van der Waals surface area contributed by atoms with Crippen LogP contribution in [-0.2, 0) is 12.3 Å². The third kappa shape index (κ3) is 3.08. The fourth-order valence-electron chi connectivity index (χ4n) is 1.44. The van der Waals surface area contributed by atoms with Gasteiger partial charge in [-0.05, 0) is 24.4 Å². The summed E-state index contributed by atoms with van der Waals surface area (Å²) >= 11 is 6.90. The first-order chi connectivity index (χ1) is 8.31. The lowest BCUT2D eigenvalue weighted by molar-refractivity contribution is 0.766. The largest absolute Gasteiger partial charge is 0.300 e. The van der Waals surface area contributed by atoms with Crippen LogP contribution in [0, 0.1) is 4.77 Å². The summed E-state index contributed by atoms with van der Waals surface area (Å²) in [5.74, 6) is 1.74.